The molecule has 1 aromatic carbocycles. The zero-order chi connectivity index (χ0) is 22.9. The Morgan fingerprint density at radius 3 is 2.29 bits per heavy atom. The van der Waals surface area contributed by atoms with Gasteiger partial charge in [0.25, 0.3) is 0 Å². The van der Waals surface area contributed by atoms with Crippen molar-refractivity contribution in [3.63, 3.8) is 0 Å². The van der Waals surface area contributed by atoms with E-state index in [0.29, 0.717) is 11.5 Å². The highest BCUT2D eigenvalue weighted by Crippen LogP contribution is 2.61. The van der Waals surface area contributed by atoms with Crippen LogP contribution in [0, 0.1) is 16.7 Å². The summed E-state index contributed by atoms with van der Waals surface area (Å²) in [4.78, 5) is 12.9. The van der Waals surface area contributed by atoms with E-state index in [4.69, 9.17) is 9.16 Å². The molecule has 2 aliphatic carbocycles. The number of carbonyl (C=O) groups is 1. The fraction of sp³-hybridized carbons (Fsp3) is 0.741. The van der Waals surface area contributed by atoms with Gasteiger partial charge in [-0.3, -0.25) is 0 Å². The Morgan fingerprint density at radius 1 is 1.00 bits per heavy atom. The first kappa shape index (κ1) is 24.5. The Balaban J connectivity index is 1.79. The SMILES string of the molecule is CC(C)(C)[Si](C)(C)OC[C@@H]1CCC[C@]1(C)[C@@]1(C)CCCC[C@@H]1OC(=O)c1ccccc1. The van der Waals surface area contributed by atoms with Gasteiger partial charge in [0.05, 0.1) is 5.56 Å². The number of hydrogen-bond donors (Lipinski definition) is 0. The highest BCUT2D eigenvalue weighted by atomic mass is 28.4. The highest BCUT2D eigenvalue weighted by Gasteiger charge is 2.57. The number of hydrogen-bond acceptors (Lipinski definition) is 3. The third-order valence-corrected chi connectivity index (χ3v) is 13.8. The second-order valence-electron chi connectivity index (χ2n) is 12.0. The van der Waals surface area contributed by atoms with Crippen molar-refractivity contribution in [2.45, 2.75) is 104 Å². The summed E-state index contributed by atoms with van der Waals surface area (Å²) in [5.41, 5.74) is 0.787. The monoisotopic (exact) mass is 444 g/mol. The minimum Gasteiger partial charge on any atom is -0.458 e. The molecule has 0 amide bonds. The number of ether oxygens (including phenoxy) is 1. The lowest BCUT2D eigenvalue weighted by molar-refractivity contribution is -0.115. The van der Waals surface area contributed by atoms with Crippen LogP contribution in [0.2, 0.25) is 18.1 Å². The maximum absolute atomic E-state index is 12.9. The molecule has 2 aliphatic rings. The first-order valence-electron chi connectivity index (χ1n) is 12.3. The van der Waals surface area contributed by atoms with Gasteiger partial charge in [-0.2, -0.15) is 0 Å². The molecule has 0 bridgehead atoms. The van der Waals surface area contributed by atoms with Crippen molar-refractivity contribution in [3.8, 4) is 0 Å². The lowest BCUT2D eigenvalue weighted by Crippen LogP contribution is -2.53. The van der Waals surface area contributed by atoms with E-state index in [1.165, 1.54) is 25.7 Å². The Morgan fingerprint density at radius 2 is 1.65 bits per heavy atom. The van der Waals surface area contributed by atoms with Crippen molar-refractivity contribution in [3.05, 3.63) is 35.9 Å². The quantitative estimate of drug-likeness (QED) is 0.334. The predicted octanol–water partition coefficient (Wildman–Crippen LogP) is 7.62. The molecule has 31 heavy (non-hydrogen) atoms. The molecule has 0 N–H and O–H groups in total. The predicted molar refractivity (Wildman–Crippen MR) is 131 cm³/mol. The minimum atomic E-state index is -1.78. The second-order valence-corrected chi connectivity index (χ2v) is 16.8. The molecule has 2 saturated carbocycles. The van der Waals surface area contributed by atoms with Crippen LogP contribution in [0.15, 0.2) is 30.3 Å². The van der Waals surface area contributed by atoms with Gasteiger partial charge in [-0.25, -0.2) is 4.79 Å². The average molecular weight is 445 g/mol. The summed E-state index contributed by atoms with van der Waals surface area (Å²) in [5.74, 6) is 0.358. The van der Waals surface area contributed by atoms with Crippen LogP contribution in [0.5, 0.6) is 0 Å². The Labute approximate surface area is 191 Å². The van der Waals surface area contributed by atoms with E-state index in [1.807, 2.05) is 30.3 Å². The lowest BCUT2D eigenvalue weighted by atomic mass is 9.54. The molecule has 0 spiro atoms. The van der Waals surface area contributed by atoms with E-state index < -0.39 is 8.32 Å². The van der Waals surface area contributed by atoms with Gasteiger partial charge >= 0.3 is 5.97 Å². The molecule has 1 aromatic rings. The van der Waals surface area contributed by atoms with Crippen LogP contribution < -0.4 is 0 Å². The molecule has 4 heteroatoms. The fourth-order valence-corrected chi connectivity index (χ4v) is 6.75. The number of rotatable bonds is 6. The third-order valence-electron chi connectivity index (χ3n) is 9.29. The van der Waals surface area contributed by atoms with E-state index in [1.54, 1.807) is 0 Å². The van der Waals surface area contributed by atoms with Gasteiger partial charge in [-0.05, 0) is 73.7 Å². The van der Waals surface area contributed by atoms with E-state index >= 15 is 0 Å². The Kier molecular flexibility index (Phi) is 7.13. The van der Waals surface area contributed by atoms with Crippen LogP contribution in [0.25, 0.3) is 0 Å². The van der Waals surface area contributed by atoms with Gasteiger partial charge in [-0.15, -0.1) is 0 Å². The summed E-state index contributed by atoms with van der Waals surface area (Å²) < 4.78 is 13.0. The van der Waals surface area contributed by atoms with Crippen LogP contribution in [0.3, 0.4) is 0 Å². The minimum absolute atomic E-state index is 0.00630. The first-order valence-corrected chi connectivity index (χ1v) is 15.2. The largest absolute Gasteiger partial charge is 0.458 e. The normalized spacial score (nSPS) is 32.1. The zero-order valence-electron chi connectivity index (χ0n) is 20.9. The van der Waals surface area contributed by atoms with Crippen molar-refractivity contribution in [2.75, 3.05) is 6.61 Å². The molecule has 3 rings (SSSR count). The van der Waals surface area contributed by atoms with Crippen LogP contribution in [-0.4, -0.2) is 27.0 Å². The summed E-state index contributed by atoms with van der Waals surface area (Å²) in [6, 6.07) is 9.46. The topological polar surface area (TPSA) is 35.5 Å². The van der Waals surface area contributed by atoms with E-state index in [2.05, 4.69) is 47.7 Å². The summed E-state index contributed by atoms with van der Waals surface area (Å²) in [7, 11) is -1.78. The van der Waals surface area contributed by atoms with Crippen LogP contribution >= 0.6 is 0 Å². The first-order chi connectivity index (χ1) is 14.4. The molecule has 0 aliphatic heterocycles. The van der Waals surface area contributed by atoms with Crippen LogP contribution in [0.1, 0.15) is 89.9 Å². The van der Waals surface area contributed by atoms with Gasteiger partial charge in [0.2, 0.25) is 0 Å². The van der Waals surface area contributed by atoms with Crippen LogP contribution in [-0.2, 0) is 9.16 Å². The summed E-state index contributed by atoms with van der Waals surface area (Å²) in [6.07, 6.45) is 8.12. The van der Waals surface area contributed by atoms with Crippen molar-refractivity contribution in [1.29, 1.82) is 0 Å². The van der Waals surface area contributed by atoms with Crippen molar-refractivity contribution >= 4 is 14.3 Å². The lowest BCUT2D eigenvalue weighted by Gasteiger charge is -2.54. The fourth-order valence-electron chi connectivity index (χ4n) is 5.70. The summed E-state index contributed by atoms with van der Waals surface area (Å²) in [5, 5.41) is 0.227. The maximum atomic E-state index is 12.9. The molecule has 0 radical (unpaired) electrons. The Bertz CT molecular complexity index is 753. The van der Waals surface area contributed by atoms with Gasteiger partial charge in [0, 0.05) is 12.0 Å². The molecule has 0 unspecified atom stereocenters. The molecule has 3 nitrogen and oxygen atoms in total. The molecule has 0 aromatic heterocycles. The standard InChI is InChI=1S/C27H44O3Si/c1-25(2,3)31(6,7)29-20-22-16-13-19-26(22,4)27(5)18-12-11-17-23(27)30-24(28)21-14-9-8-10-15-21/h8-10,14-15,22-23H,11-13,16-20H2,1-7H3/t22-,23-,26-,27-/m0/s1. The molecule has 174 valence electrons. The molecule has 2 fully saturated rings. The van der Waals surface area contributed by atoms with E-state index in [-0.39, 0.29) is 27.9 Å². The Hall–Kier alpha value is -1.13. The molecular formula is C27H44O3Si. The van der Waals surface area contributed by atoms with Gasteiger partial charge in [0.15, 0.2) is 8.32 Å². The van der Waals surface area contributed by atoms with Crippen molar-refractivity contribution < 1.29 is 14.0 Å². The zero-order valence-corrected chi connectivity index (χ0v) is 21.9. The van der Waals surface area contributed by atoms with Gasteiger partial charge < -0.3 is 9.16 Å². The maximum Gasteiger partial charge on any atom is 0.338 e. The van der Waals surface area contributed by atoms with Gasteiger partial charge in [-0.1, -0.05) is 65.7 Å². The molecular weight excluding hydrogens is 400 g/mol. The smallest absolute Gasteiger partial charge is 0.338 e. The van der Waals surface area contributed by atoms with Crippen LogP contribution in [0.4, 0.5) is 0 Å². The molecule has 4 atom stereocenters. The summed E-state index contributed by atoms with van der Waals surface area (Å²) >= 11 is 0. The molecule has 0 heterocycles. The number of carbonyl (C=O) groups excluding carboxylic acids is 1. The number of esters is 1. The van der Waals surface area contributed by atoms with E-state index in [9.17, 15) is 4.79 Å². The molecule has 0 saturated heterocycles. The van der Waals surface area contributed by atoms with Crippen molar-refractivity contribution in [1.82, 2.24) is 0 Å². The van der Waals surface area contributed by atoms with E-state index in [0.717, 1.165) is 25.9 Å². The highest BCUT2D eigenvalue weighted by molar-refractivity contribution is 6.74. The second kappa shape index (κ2) is 9.01. The average Bonchev–Trinajstić information content (AvgIpc) is 3.10. The third kappa shape index (κ3) is 4.80. The number of benzene rings is 1. The van der Waals surface area contributed by atoms with Crippen molar-refractivity contribution in [2.24, 2.45) is 16.7 Å². The van der Waals surface area contributed by atoms with Gasteiger partial charge in [0.1, 0.15) is 6.10 Å². The summed E-state index contributed by atoms with van der Waals surface area (Å²) in [6.45, 7) is 17.4.